The lowest BCUT2D eigenvalue weighted by atomic mass is 9.63. The van der Waals surface area contributed by atoms with Gasteiger partial charge in [-0.05, 0) is 116 Å². The van der Waals surface area contributed by atoms with Gasteiger partial charge in [0, 0.05) is 32.9 Å². The van der Waals surface area contributed by atoms with Crippen molar-refractivity contribution in [3.63, 3.8) is 0 Å². The van der Waals surface area contributed by atoms with Crippen LogP contribution in [0, 0.1) is 0 Å². The van der Waals surface area contributed by atoms with Crippen molar-refractivity contribution in [2.45, 2.75) is 51.4 Å². The van der Waals surface area contributed by atoms with Crippen LogP contribution in [0.15, 0.2) is 158 Å². The lowest BCUT2D eigenvalue weighted by Gasteiger charge is -2.42. The van der Waals surface area contributed by atoms with Crippen molar-refractivity contribution in [2.75, 3.05) is 0 Å². The standard InChI is InChI=1S/C52H42N2/c1-51(2)28-29-52(3,4)44-32-46-42(31-43(44)51)48-40-19-11-10-18-39(40)47-41-20-12-13-21-45(41)53(49(47)50(48)54(46)37-16-6-5-7-17-37)38-26-24-34(25-27-38)36-23-22-33-14-8-9-15-35(33)30-36/h5-27,30-32H,28-29H2,1-4H3. The maximum atomic E-state index is 2.58. The zero-order valence-corrected chi connectivity index (χ0v) is 31.3. The van der Waals surface area contributed by atoms with E-state index in [1.807, 2.05) is 0 Å². The minimum Gasteiger partial charge on any atom is -0.307 e. The molecule has 260 valence electrons. The fourth-order valence-electron chi connectivity index (χ4n) is 9.79. The molecule has 2 aromatic heterocycles. The number of aromatic nitrogens is 2. The molecule has 8 aromatic carbocycles. The summed E-state index contributed by atoms with van der Waals surface area (Å²) in [5, 5.41) is 10.4. The molecule has 2 nitrogen and oxygen atoms in total. The highest BCUT2D eigenvalue weighted by molar-refractivity contribution is 6.36. The maximum absolute atomic E-state index is 2.58. The van der Waals surface area contributed by atoms with E-state index in [9.17, 15) is 0 Å². The van der Waals surface area contributed by atoms with E-state index >= 15 is 0 Å². The van der Waals surface area contributed by atoms with Crippen LogP contribution in [0.5, 0.6) is 0 Å². The summed E-state index contributed by atoms with van der Waals surface area (Å²) in [6.07, 6.45) is 2.37. The molecule has 0 saturated carbocycles. The van der Waals surface area contributed by atoms with Crippen molar-refractivity contribution < 1.29 is 0 Å². The summed E-state index contributed by atoms with van der Waals surface area (Å²) in [6.45, 7) is 9.77. The Bertz CT molecular complexity index is 3130. The van der Waals surface area contributed by atoms with E-state index in [2.05, 4.69) is 195 Å². The van der Waals surface area contributed by atoms with Crippen molar-refractivity contribution in [3.8, 4) is 22.5 Å². The molecule has 0 radical (unpaired) electrons. The SMILES string of the molecule is CC1(C)CCC(C)(C)c2cc3c(cc21)c1c2ccccc2c2c4ccccc4n(-c4ccc(-c5ccc6ccccc6c5)cc4)c2c1n3-c1ccccc1. The third-order valence-corrected chi connectivity index (χ3v) is 12.7. The van der Waals surface area contributed by atoms with Crippen molar-refractivity contribution in [2.24, 2.45) is 0 Å². The number of benzene rings is 8. The lowest BCUT2D eigenvalue weighted by molar-refractivity contribution is 0.332. The summed E-state index contributed by atoms with van der Waals surface area (Å²) in [4.78, 5) is 0. The fraction of sp³-hybridized carbons (Fsp3) is 0.154. The van der Waals surface area contributed by atoms with Gasteiger partial charge in [-0.2, -0.15) is 0 Å². The monoisotopic (exact) mass is 694 g/mol. The first-order valence-corrected chi connectivity index (χ1v) is 19.4. The molecule has 2 heterocycles. The van der Waals surface area contributed by atoms with Gasteiger partial charge in [-0.15, -0.1) is 0 Å². The molecule has 0 saturated heterocycles. The van der Waals surface area contributed by atoms with Crippen molar-refractivity contribution in [1.82, 2.24) is 9.13 Å². The van der Waals surface area contributed by atoms with E-state index in [1.165, 1.54) is 106 Å². The Balaban J connectivity index is 1.31. The van der Waals surface area contributed by atoms with E-state index in [0.717, 1.165) is 5.69 Å². The van der Waals surface area contributed by atoms with E-state index in [0.29, 0.717) is 0 Å². The minimum atomic E-state index is 0.0933. The van der Waals surface area contributed by atoms with E-state index in [4.69, 9.17) is 0 Å². The highest BCUT2D eigenvalue weighted by Gasteiger charge is 2.38. The third kappa shape index (κ3) is 4.40. The van der Waals surface area contributed by atoms with Crippen LogP contribution in [0.1, 0.15) is 51.7 Å². The average molecular weight is 695 g/mol. The van der Waals surface area contributed by atoms with Gasteiger partial charge in [0.1, 0.15) is 0 Å². The van der Waals surface area contributed by atoms with Crippen molar-refractivity contribution in [1.29, 1.82) is 0 Å². The molecule has 0 N–H and O–H groups in total. The van der Waals surface area contributed by atoms with Gasteiger partial charge in [0.15, 0.2) is 0 Å². The maximum Gasteiger partial charge on any atom is 0.0795 e. The van der Waals surface area contributed by atoms with E-state index in [-0.39, 0.29) is 10.8 Å². The molecular formula is C52H42N2. The van der Waals surface area contributed by atoms with Gasteiger partial charge in [0.2, 0.25) is 0 Å². The molecular weight excluding hydrogens is 653 g/mol. The van der Waals surface area contributed by atoms with Crippen molar-refractivity contribution >= 4 is 65.2 Å². The zero-order chi connectivity index (χ0) is 36.3. The summed E-state index contributed by atoms with van der Waals surface area (Å²) < 4.78 is 5.12. The highest BCUT2D eigenvalue weighted by atomic mass is 15.0. The topological polar surface area (TPSA) is 9.86 Å². The van der Waals surface area contributed by atoms with E-state index < -0.39 is 0 Å². The normalized spacial score (nSPS) is 15.2. The largest absolute Gasteiger partial charge is 0.307 e. The first-order chi connectivity index (χ1) is 26.3. The summed E-state index contributed by atoms with van der Waals surface area (Å²) in [7, 11) is 0. The number of para-hydroxylation sites is 2. The predicted octanol–water partition coefficient (Wildman–Crippen LogP) is 14.2. The van der Waals surface area contributed by atoms with Crippen LogP contribution >= 0.6 is 0 Å². The lowest BCUT2D eigenvalue weighted by Crippen LogP contribution is -2.33. The van der Waals surface area contributed by atoms with Gasteiger partial charge in [0.25, 0.3) is 0 Å². The Kier molecular flexibility index (Phi) is 6.51. The van der Waals surface area contributed by atoms with Crippen LogP contribution in [0.4, 0.5) is 0 Å². The second-order valence-electron chi connectivity index (χ2n) is 16.8. The minimum absolute atomic E-state index is 0.0933. The van der Waals surface area contributed by atoms with Gasteiger partial charge >= 0.3 is 0 Å². The summed E-state index contributed by atoms with van der Waals surface area (Å²) >= 11 is 0. The second-order valence-corrected chi connectivity index (χ2v) is 16.8. The average Bonchev–Trinajstić information content (AvgIpc) is 3.73. The predicted molar refractivity (Wildman–Crippen MR) is 231 cm³/mol. The molecule has 10 aromatic rings. The van der Waals surface area contributed by atoms with Crippen LogP contribution in [-0.2, 0) is 10.8 Å². The molecule has 0 unspecified atom stereocenters. The Morgan fingerprint density at radius 1 is 0.389 bits per heavy atom. The Morgan fingerprint density at radius 3 is 1.61 bits per heavy atom. The van der Waals surface area contributed by atoms with Gasteiger partial charge in [-0.25, -0.2) is 0 Å². The molecule has 54 heavy (non-hydrogen) atoms. The fourth-order valence-corrected chi connectivity index (χ4v) is 9.79. The Labute approximate surface area is 315 Å². The number of hydrogen-bond acceptors (Lipinski definition) is 0. The molecule has 0 aliphatic heterocycles. The number of nitrogens with zero attached hydrogens (tertiary/aromatic N) is 2. The Morgan fingerprint density at radius 2 is 0.907 bits per heavy atom. The number of hydrogen-bond donors (Lipinski definition) is 0. The highest BCUT2D eigenvalue weighted by Crippen LogP contribution is 2.51. The number of rotatable bonds is 3. The molecule has 11 rings (SSSR count). The van der Waals surface area contributed by atoms with Gasteiger partial charge in [-0.3, -0.25) is 0 Å². The molecule has 0 amide bonds. The first kappa shape index (κ1) is 31.4. The summed E-state index contributed by atoms with van der Waals surface area (Å²) in [6, 6.07) is 58.9. The van der Waals surface area contributed by atoms with Gasteiger partial charge < -0.3 is 9.13 Å². The first-order valence-electron chi connectivity index (χ1n) is 19.4. The van der Waals surface area contributed by atoms with Crippen LogP contribution in [0.25, 0.3) is 87.7 Å². The van der Waals surface area contributed by atoms with Gasteiger partial charge in [0.05, 0.1) is 22.1 Å². The molecule has 2 heteroatoms. The molecule has 0 fully saturated rings. The van der Waals surface area contributed by atoms with Crippen LogP contribution in [0.3, 0.4) is 0 Å². The summed E-state index contributed by atoms with van der Waals surface area (Å²) in [5.74, 6) is 0. The van der Waals surface area contributed by atoms with Crippen LogP contribution < -0.4 is 0 Å². The molecule has 1 aliphatic rings. The smallest absolute Gasteiger partial charge is 0.0795 e. The molecule has 0 atom stereocenters. The van der Waals surface area contributed by atoms with Gasteiger partial charge in [-0.1, -0.05) is 137 Å². The van der Waals surface area contributed by atoms with Crippen LogP contribution in [-0.4, -0.2) is 9.13 Å². The molecule has 1 aliphatic carbocycles. The molecule has 0 bridgehead atoms. The third-order valence-electron chi connectivity index (χ3n) is 12.7. The quantitative estimate of drug-likeness (QED) is 0.174. The summed E-state index contributed by atoms with van der Waals surface area (Å²) in [5.41, 5.74) is 13.0. The van der Waals surface area contributed by atoms with E-state index in [1.54, 1.807) is 0 Å². The van der Waals surface area contributed by atoms with Crippen molar-refractivity contribution in [3.05, 3.63) is 169 Å². The Hall–Kier alpha value is -6.12. The van der Waals surface area contributed by atoms with Crippen LogP contribution in [0.2, 0.25) is 0 Å². The number of fused-ring (bicyclic) bond motifs is 12. The zero-order valence-electron chi connectivity index (χ0n) is 31.3. The second kappa shape index (κ2) is 11.2. The molecule has 0 spiro atoms.